The molecule has 0 aliphatic carbocycles. The molecule has 0 saturated carbocycles. The van der Waals surface area contributed by atoms with E-state index in [0.29, 0.717) is 0 Å². The molecule has 1 aromatic rings. The van der Waals surface area contributed by atoms with E-state index in [2.05, 4.69) is 0 Å². The standard InChI is InChI=1S/C13H19NO2/c1-8-5-6-9(2)11(7-8)10(3)13(4,14)12(15)16/h5-7,10H,14H2,1-4H3,(H,15,16). The quantitative estimate of drug-likeness (QED) is 0.822. The first-order valence-electron chi connectivity index (χ1n) is 5.36. The Morgan fingerprint density at radius 2 is 2.00 bits per heavy atom. The predicted molar refractivity (Wildman–Crippen MR) is 64.6 cm³/mol. The molecule has 0 aromatic heterocycles. The minimum absolute atomic E-state index is 0.218. The first kappa shape index (κ1) is 12.7. The summed E-state index contributed by atoms with van der Waals surface area (Å²) in [5.41, 5.74) is 7.82. The normalized spacial score (nSPS) is 16.6. The van der Waals surface area contributed by atoms with Gasteiger partial charge in [0.25, 0.3) is 0 Å². The third-order valence-electron chi connectivity index (χ3n) is 3.26. The van der Waals surface area contributed by atoms with Gasteiger partial charge in [-0.2, -0.15) is 0 Å². The topological polar surface area (TPSA) is 63.3 Å². The van der Waals surface area contributed by atoms with Crippen LogP contribution in [0, 0.1) is 13.8 Å². The average molecular weight is 221 g/mol. The zero-order valence-corrected chi connectivity index (χ0v) is 10.2. The van der Waals surface area contributed by atoms with E-state index in [-0.39, 0.29) is 5.92 Å². The van der Waals surface area contributed by atoms with E-state index in [1.165, 1.54) is 0 Å². The molecular weight excluding hydrogens is 202 g/mol. The van der Waals surface area contributed by atoms with E-state index in [4.69, 9.17) is 10.8 Å². The Kier molecular flexibility index (Phi) is 3.38. The highest BCUT2D eigenvalue weighted by molar-refractivity contribution is 5.79. The van der Waals surface area contributed by atoms with Crippen molar-refractivity contribution in [3.63, 3.8) is 0 Å². The van der Waals surface area contributed by atoms with Gasteiger partial charge in [-0.25, -0.2) is 0 Å². The number of nitrogens with two attached hydrogens (primary N) is 1. The van der Waals surface area contributed by atoms with Crippen LogP contribution in [-0.2, 0) is 4.79 Å². The number of carboxylic acids is 1. The van der Waals surface area contributed by atoms with Crippen molar-refractivity contribution in [3.05, 3.63) is 34.9 Å². The maximum absolute atomic E-state index is 11.1. The molecule has 0 spiro atoms. The summed E-state index contributed by atoms with van der Waals surface area (Å²) in [4.78, 5) is 11.1. The molecule has 0 aliphatic rings. The van der Waals surface area contributed by atoms with Crippen molar-refractivity contribution in [2.45, 2.75) is 39.2 Å². The van der Waals surface area contributed by atoms with Crippen molar-refractivity contribution in [2.75, 3.05) is 0 Å². The molecule has 0 bridgehead atoms. The largest absolute Gasteiger partial charge is 0.480 e. The van der Waals surface area contributed by atoms with Crippen molar-refractivity contribution >= 4 is 5.97 Å². The van der Waals surface area contributed by atoms with Crippen LogP contribution in [0.15, 0.2) is 18.2 Å². The van der Waals surface area contributed by atoms with Crippen LogP contribution in [0.25, 0.3) is 0 Å². The third-order valence-corrected chi connectivity index (χ3v) is 3.26. The number of hydrogen-bond acceptors (Lipinski definition) is 2. The zero-order valence-electron chi connectivity index (χ0n) is 10.2. The molecule has 3 nitrogen and oxygen atoms in total. The number of carboxylic acid groups (broad SMARTS) is 1. The molecule has 2 unspecified atom stereocenters. The van der Waals surface area contributed by atoms with Gasteiger partial charge >= 0.3 is 5.97 Å². The Balaban J connectivity index is 3.19. The van der Waals surface area contributed by atoms with Gasteiger partial charge in [0.15, 0.2) is 0 Å². The van der Waals surface area contributed by atoms with Crippen LogP contribution in [-0.4, -0.2) is 16.6 Å². The van der Waals surface area contributed by atoms with Gasteiger partial charge in [0.05, 0.1) is 0 Å². The Bertz CT molecular complexity index is 410. The first-order valence-corrected chi connectivity index (χ1v) is 5.36. The number of aliphatic carboxylic acids is 1. The van der Waals surface area contributed by atoms with Crippen molar-refractivity contribution < 1.29 is 9.90 Å². The van der Waals surface area contributed by atoms with Crippen LogP contribution in [0.4, 0.5) is 0 Å². The highest BCUT2D eigenvalue weighted by Crippen LogP contribution is 2.29. The fourth-order valence-corrected chi connectivity index (χ4v) is 1.73. The fraction of sp³-hybridized carbons (Fsp3) is 0.462. The molecule has 3 N–H and O–H groups in total. The number of benzene rings is 1. The van der Waals surface area contributed by atoms with Gasteiger partial charge in [0.1, 0.15) is 5.54 Å². The Labute approximate surface area is 96.3 Å². The molecule has 3 heteroatoms. The second-order valence-corrected chi connectivity index (χ2v) is 4.67. The smallest absolute Gasteiger partial charge is 0.324 e. The van der Waals surface area contributed by atoms with Gasteiger partial charge in [0, 0.05) is 5.92 Å². The Morgan fingerprint density at radius 3 is 2.50 bits per heavy atom. The SMILES string of the molecule is Cc1ccc(C)c(C(C)C(C)(N)C(=O)O)c1. The lowest BCUT2D eigenvalue weighted by Gasteiger charge is -2.28. The highest BCUT2D eigenvalue weighted by atomic mass is 16.4. The molecule has 16 heavy (non-hydrogen) atoms. The van der Waals surface area contributed by atoms with Crippen molar-refractivity contribution in [2.24, 2.45) is 5.73 Å². The summed E-state index contributed by atoms with van der Waals surface area (Å²) in [6, 6.07) is 6.02. The molecule has 0 amide bonds. The fourth-order valence-electron chi connectivity index (χ4n) is 1.73. The van der Waals surface area contributed by atoms with Crippen molar-refractivity contribution in [1.29, 1.82) is 0 Å². The summed E-state index contributed by atoms with van der Waals surface area (Å²) >= 11 is 0. The highest BCUT2D eigenvalue weighted by Gasteiger charge is 2.36. The van der Waals surface area contributed by atoms with Crippen LogP contribution in [0.2, 0.25) is 0 Å². The lowest BCUT2D eigenvalue weighted by Crippen LogP contribution is -2.49. The van der Waals surface area contributed by atoms with Crippen LogP contribution in [0.1, 0.15) is 36.5 Å². The number of hydrogen-bond donors (Lipinski definition) is 2. The summed E-state index contributed by atoms with van der Waals surface area (Å²) in [5, 5.41) is 9.11. The van der Waals surface area contributed by atoms with E-state index in [1.54, 1.807) is 6.92 Å². The molecule has 1 rings (SSSR count). The van der Waals surface area contributed by atoms with Crippen LogP contribution in [0.5, 0.6) is 0 Å². The summed E-state index contributed by atoms with van der Waals surface area (Å²) in [6.45, 7) is 7.38. The third kappa shape index (κ3) is 2.25. The van der Waals surface area contributed by atoms with E-state index in [1.807, 2.05) is 39.0 Å². The van der Waals surface area contributed by atoms with Crippen LogP contribution in [0.3, 0.4) is 0 Å². The van der Waals surface area contributed by atoms with E-state index >= 15 is 0 Å². The van der Waals surface area contributed by atoms with Gasteiger partial charge in [-0.05, 0) is 31.9 Å². The molecule has 0 aliphatic heterocycles. The van der Waals surface area contributed by atoms with E-state index in [9.17, 15) is 4.79 Å². The van der Waals surface area contributed by atoms with E-state index < -0.39 is 11.5 Å². The number of carbonyl (C=O) groups is 1. The van der Waals surface area contributed by atoms with Gasteiger partial charge in [-0.1, -0.05) is 30.7 Å². The lowest BCUT2D eigenvalue weighted by molar-refractivity contribution is -0.143. The Morgan fingerprint density at radius 1 is 1.44 bits per heavy atom. The van der Waals surface area contributed by atoms with Crippen LogP contribution >= 0.6 is 0 Å². The van der Waals surface area contributed by atoms with E-state index in [0.717, 1.165) is 16.7 Å². The summed E-state index contributed by atoms with van der Waals surface area (Å²) in [6.07, 6.45) is 0. The minimum atomic E-state index is -1.24. The van der Waals surface area contributed by atoms with Gasteiger partial charge in [-0.3, -0.25) is 4.79 Å². The van der Waals surface area contributed by atoms with Gasteiger partial charge in [-0.15, -0.1) is 0 Å². The molecule has 0 heterocycles. The molecule has 0 saturated heterocycles. The maximum atomic E-state index is 11.1. The van der Waals surface area contributed by atoms with Gasteiger partial charge < -0.3 is 10.8 Å². The second-order valence-electron chi connectivity index (χ2n) is 4.67. The van der Waals surface area contributed by atoms with Crippen LogP contribution < -0.4 is 5.73 Å². The molecule has 0 radical (unpaired) electrons. The second kappa shape index (κ2) is 4.26. The molecule has 88 valence electrons. The van der Waals surface area contributed by atoms with Crippen molar-refractivity contribution in [3.8, 4) is 0 Å². The molecule has 1 aromatic carbocycles. The monoisotopic (exact) mass is 221 g/mol. The Hall–Kier alpha value is -1.35. The number of aryl methyl sites for hydroxylation is 2. The lowest BCUT2D eigenvalue weighted by atomic mass is 9.80. The number of rotatable bonds is 3. The molecular formula is C13H19NO2. The van der Waals surface area contributed by atoms with Gasteiger partial charge in [0.2, 0.25) is 0 Å². The molecule has 0 fully saturated rings. The summed E-state index contributed by atoms with van der Waals surface area (Å²) < 4.78 is 0. The molecule has 2 atom stereocenters. The first-order chi connectivity index (χ1) is 7.26. The summed E-state index contributed by atoms with van der Waals surface area (Å²) in [7, 11) is 0. The average Bonchev–Trinajstić information content (AvgIpc) is 2.20. The van der Waals surface area contributed by atoms with Crippen molar-refractivity contribution in [1.82, 2.24) is 0 Å². The predicted octanol–water partition coefficient (Wildman–Crippen LogP) is 2.21. The zero-order chi connectivity index (χ0) is 12.5. The maximum Gasteiger partial charge on any atom is 0.324 e. The summed E-state index contributed by atoms with van der Waals surface area (Å²) in [5.74, 6) is -1.19. The minimum Gasteiger partial charge on any atom is -0.480 e.